The maximum Gasteiger partial charge on any atom is 0.242 e. The maximum atomic E-state index is 12.4. The summed E-state index contributed by atoms with van der Waals surface area (Å²) in [5.74, 6) is 0.275. The number of hydrogen-bond acceptors (Lipinski definition) is 2. The van der Waals surface area contributed by atoms with Gasteiger partial charge in [-0.25, -0.2) is 0 Å². The van der Waals surface area contributed by atoms with Crippen molar-refractivity contribution < 1.29 is 4.79 Å². The van der Waals surface area contributed by atoms with Gasteiger partial charge < -0.3 is 10.2 Å². The van der Waals surface area contributed by atoms with Gasteiger partial charge in [0.1, 0.15) is 0 Å². The molecule has 0 aromatic rings. The van der Waals surface area contributed by atoms with E-state index in [2.05, 4.69) is 26.1 Å². The lowest BCUT2D eigenvalue weighted by molar-refractivity contribution is -0.138. The van der Waals surface area contributed by atoms with Crippen molar-refractivity contribution in [2.45, 2.75) is 58.0 Å². The molecule has 2 unspecified atom stereocenters. The van der Waals surface area contributed by atoms with Gasteiger partial charge >= 0.3 is 0 Å². The zero-order valence-corrected chi connectivity index (χ0v) is 10.5. The van der Waals surface area contributed by atoms with Gasteiger partial charge in [-0.1, -0.05) is 13.8 Å². The van der Waals surface area contributed by atoms with Crippen LogP contribution in [0.5, 0.6) is 0 Å². The van der Waals surface area contributed by atoms with Crippen molar-refractivity contribution in [3.63, 3.8) is 0 Å². The second-order valence-corrected chi connectivity index (χ2v) is 4.64. The molecular formula is C12H24N2O. The number of likely N-dealkylation sites (N-methyl/N-ethyl adjacent to an activating group) is 1. The molecule has 0 aromatic heterocycles. The number of hydrogen-bond donors (Lipinski definition) is 1. The summed E-state index contributed by atoms with van der Waals surface area (Å²) in [5, 5.41) is 3.39. The zero-order valence-electron chi connectivity index (χ0n) is 10.5. The van der Waals surface area contributed by atoms with Gasteiger partial charge in [-0.15, -0.1) is 0 Å². The lowest BCUT2D eigenvalue weighted by atomic mass is 9.92. The first-order valence-electron chi connectivity index (χ1n) is 6.09. The van der Waals surface area contributed by atoms with Crippen molar-refractivity contribution in [3.05, 3.63) is 0 Å². The molecule has 0 aliphatic carbocycles. The molecule has 1 saturated heterocycles. The molecule has 0 saturated carbocycles. The van der Waals surface area contributed by atoms with E-state index in [4.69, 9.17) is 0 Å². The van der Waals surface area contributed by atoms with Gasteiger partial charge in [0.25, 0.3) is 0 Å². The summed E-state index contributed by atoms with van der Waals surface area (Å²) in [7, 11) is 1.92. The van der Waals surface area contributed by atoms with E-state index in [0.29, 0.717) is 6.04 Å². The molecule has 1 aliphatic heterocycles. The third kappa shape index (κ3) is 2.33. The van der Waals surface area contributed by atoms with Crippen molar-refractivity contribution in [2.24, 2.45) is 0 Å². The number of carbonyl (C=O) groups excluding carboxylic acids is 1. The van der Waals surface area contributed by atoms with Gasteiger partial charge in [0, 0.05) is 13.1 Å². The minimum absolute atomic E-state index is 0.266. The highest BCUT2D eigenvalue weighted by Gasteiger charge is 2.41. The predicted molar refractivity (Wildman–Crippen MR) is 62.8 cm³/mol. The maximum absolute atomic E-state index is 12.4. The number of nitrogens with one attached hydrogen (secondary N) is 1. The summed E-state index contributed by atoms with van der Waals surface area (Å²) in [5.41, 5.74) is -0.266. The Morgan fingerprint density at radius 1 is 1.53 bits per heavy atom. The minimum Gasteiger partial charge on any atom is -0.341 e. The van der Waals surface area contributed by atoms with E-state index in [9.17, 15) is 4.79 Å². The van der Waals surface area contributed by atoms with Crippen LogP contribution in [0.25, 0.3) is 0 Å². The van der Waals surface area contributed by atoms with Gasteiger partial charge in [-0.2, -0.15) is 0 Å². The van der Waals surface area contributed by atoms with E-state index >= 15 is 0 Å². The molecule has 1 aliphatic rings. The third-order valence-corrected chi connectivity index (χ3v) is 3.83. The van der Waals surface area contributed by atoms with Crippen molar-refractivity contribution in [1.29, 1.82) is 0 Å². The molecule has 15 heavy (non-hydrogen) atoms. The van der Waals surface area contributed by atoms with Gasteiger partial charge in [0.05, 0.1) is 5.54 Å². The topological polar surface area (TPSA) is 32.3 Å². The lowest BCUT2D eigenvalue weighted by Crippen LogP contribution is -2.55. The van der Waals surface area contributed by atoms with Crippen LogP contribution in [0.4, 0.5) is 0 Å². The molecule has 0 spiro atoms. The van der Waals surface area contributed by atoms with E-state index in [1.807, 2.05) is 11.9 Å². The summed E-state index contributed by atoms with van der Waals surface area (Å²) < 4.78 is 0. The molecule has 1 heterocycles. The SMILES string of the molecule is CCC(C)N(C)C(=O)C1(CC)CCCN1. The van der Waals surface area contributed by atoms with Gasteiger partial charge in [-0.3, -0.25) is 4.79 Å². The zero-order chi connectivity index (χ0) is 11.5. The molecule has 2 atom stereocenters. The Morgan fingerprint density at radius 2 is 2.20 bits per heavy atom. The molecule has 1 rings (SSSR count). The average molecular weight is 212 g/mol. The van der Waals surface area contributed by atoms with Gasteiger partial charge in [0.2, 0.25) is 5.91 Å². The number of nitrogens with zero attached hydrogens (tertiary/aromatic N) is 1. The van der Waals surface area contributed by atoms with E-state index in [0.717, 1.165) is 32.2 Å². The second kappa shape index (κ2) is 4.97. The van der Waals surface area contributed by atoms with Crippen LogP contribution in [0.15, 0.2) is 0 Å². The van der Waals surface area contributed by atoms with E-state index in [1.165, 1.54) is 0 Å². The Bertz CT molecular complexity index is 222. The molecule has 3 heteroatoms. The van der Waals surface area contributed by atoms with Crippen molar-refractivity contribution >= 4 is 5.91 Å². The highest BCUT2D eigenvalue weighted by atomic mass is 16.2. The fraction of sp³-hybridized carbons (Fsp3) is 0.917. The molecule has 1 N–H and O–H groups in total. The summed E-state index contributed by atoms with van der Waals surface area (Å²) in [6.07, 6.45) is 4.02. The van der Waals surface area contributed by atoms with Crippen LogP contribution in [0.1, 0.15) is 46.5 Å². The monoisotopic (exact) mass is 212 g/mol. The highest BCUT2D eigenvalue weighted by Crippen LogP contribution is 2.25. The van der Waals surface area contributed by atoms with Crippen molar-refractivity contribution in [3.8, 4) is 0 Å². The summed E-state index contributed by atoms with van der Waals surface area (Å²) >= 11 is 0. The first-order chi connectivity index (χ1) is 7.07. The molecule has 88 valence electrons. The van der Waals surface area contributed by atoms with Crippen LogP contribution in [-0.4, -0.2) is 36.0 Å². The molecule has 0 radical (unpaired) electrons. The van der Waals surface area contributed by atoms with Crippen LogP contribution in [0, 0.1) is 0 Å². The first kappa shape index (κ1) is 12.5. The summed E-state index contributed by atoms with van der Waals surface area (Å²) in [6.45, 7) is 7.31. The van der Waals surface area contributed by atoms with E-state index in [-0.39, 0.29) is 11.4 Å². The molecule has 1 amide bonds. The van der Waals surface area contributed by atoms with Crippen molar-refractivity contribution in [1.82, 2.24) is 10.2 Å². The summed E-state index contributed by atoms with van der Waals surface area (Å²) in [6, 6.07) is 0.336. The molecule has 0 aromatic carbocycles. The Morgan fingerprint density at radius 3 is 2.60 bits per heavy atom. The molecule has 0 bridgehead atoms. The first-order valence-corrected chi connectivity index (χ1v) is 6.09. The van der Waals surface area contributed by atoms with Gasteiger partial charge in [-0.05, 0) is 39.2 Å². The van der Waals surface area contributed by atoms with Crippen molar-refractivity contribution in [2.75, 3.05) is 13.6 Å². The van der Waals surface area contributed by atoms with Crippen LogP contribution >= 0.6 is 0 Å². The van der Waals surface area contributed by atoms with Crippen LogP contribution in [0.3, 0.4) is 0 Å². The Kier molecular flexibility index (Phi) is 4.14. The molecular weight excluding hydrogens is 188 g/mol. The van der Waals surface area contributed by atoms with Crippen LogP contribution in [0.2, 0.25) is 0 Å². The number of rotatable bonds is 4. The standard InChI is InChI=1S/C12H24N2O/c1-5-10(3)14(4)11(15)12(6-2)8-7-9-13-12/h10,13H,5-9H2,1-4H3. The van der Waals surface area contributed by atoms with E-state index in [1.54, 1.807) is 0 Å². The summed E-state index contributed by atoms with van der Waals surface area (Å²) in [4.78, 5) is 14.3. The predicted octanol–water partition coefficient (Wildman–Crippen LogP) is 1.78. The fourth-order valence-electron chi connectivity index (χ4n) is 2.25. The lowest BCUT2D eigenvalue weighted by Gasteiger charge is -2.34. The fourth-order valence-corrected chi connectivity index (χ4v) is 2.25. The normalized spacial score (nSPS) is 27.7. The molecule has 3 nitrogen and oxygen atoms in total. The highest BCUT2D eigenvalue weighted by molar-refractivity contribution is 5.86. The van der Waals surface area contributed by atoms with E-state index < -0.39 is 0 Å². The van der Waals surface area contributed by atoms with Crippen LogP contribution < -0.4 is 5.32 Å². The third-order valence-electron chi connectivity index (χ3n) is 3.83. The van der Waals surface area contributed by atoms with Crippen LogP contribution in [-0.2, 0) is 4.79 Å². The Hall–Kier alpha value is -0.570. The average Bonchev–Trinajstić information content (AvgIpc) is 2.75. The minimum atomic E-state index is -0.266. The quantitative estimate of drug-likeness (QED) is 0.770. The number of amides is 1. The largest absolute Gasteiger partial charge is 0.341 e. The number of carbonyl (C=O) groups is 1. The second-order valence-electron chi connectivity index (χ2n) is 4.64. The Labute approximate surface area is 93.2 Å². The Balaban J connectivity index is 2.72. The smallest absolute Gasteiger partial charge is 0.242 e. The van der Waals surface area contributed by atoms with Gasteiger partial charge in [0.15, 0.2) is 0 Å². The molecule has 1 fully saturated rings.